The summed E-state index contributed by atoms with van der Waals surface area (Å²) in [5, 5.41) is 29.5. The molecule has 0 fully saturated rings. The Balaban J connectivity index is 2.35. The molecule has 0 saturated heterocycles. The summed E-state index contributed by atoms with van der Waals surface area (Å²) in [5.74, 6) is 0.396. The quantitative estimate of drug-likeness (QED) is 0.740. The molecule has 5 nitrogen and oxygen atoms in total. The maximum absolute atomic E-state index is 10.0. The van der Waals surface area contributed by atoms with Gasteiger partial charge in [-0.3, -0.25) is 0 Å². The van der Waals surface area contributed by atoms with Crippen LogP contribution in [-0.4, -0.2) is 29.5 Å². The highest BCUT2D eigenvalue weighted by molar-refractivity contribution is 5.84. The summed E-state index contributed by atoms with van der Waals surface area (Å²) in [6.45, 7) is 0. The Labute approximate surface area is 122 Å². The van der Waals surface area contributed by atoms with Crippen molar-refractivity contribution in [3.05, 3.63) is 29.3 Å². The van der Waals surface area contributed by atoms with Gasteiger partial charge in [0.25, 0.3) is 0 Å². The van der Waals surface area contributed by atoms with E-state index in [0.717, 1.165) is 22.3 Å². The molecule has 0 spiro atoms. The second kappa shape index (κ2) is 4.77. The van der Waals surface area contributed by atoms with Gasteiger partial charge >= 0.3 is 0 Å². The summed E-state index contributed by atoms with van der Waals surface area (Å²) in [6.07, 6.45) is 1.42. The van der Waals surface area contributed by atoms with Crippen LogP contribution in [0.2, 0.25) is 0 Å². The summed E-state index contributed by atoms with van der Waals surface area (Å²) >= 11 is 0. The molecule has 0 amide bonds. The number of aromatic hydroxyl groups is 3. The number of hydrogen-bond acceptors (Lipinski definition) is 5. The first-order chi connectivity index (χ1) is 10.1. The zero-order chi connectivity index (χ0) is 15.1. The fraction of sp³-hybridized carbons (Fsp3) is 0.250. The molecule has 2 aromatic carbocycles. The molecule has 21 heavy (non-hydrogen) atoms. The Morgan fingerprint density at radius 3 is 2.00 bits per heavy atom. The fourth-order valence-electron chi connectivity index (χ4n) is 2.89. The lowest BCUT2D eigenvalue weighted by Crippen LogP contribution is -2.07. The van der Waals surface area contributed by atoms with E-state index in [2.05, 4.69) is 0 Å². The van der Waals surface area contributed by atoms with Gasteiger partial charge in [-0.25, -0.2) is 0 Å². The summed E-state index contributed by atoms with van der Waals surface area (Å²) in [7, 11) is 2.97. The number of rotatable bonds is 2. The van der Waals surface area contributed by atoms with Crippen LogP contribution in [-0.2, 0) is 12.8 Å². The molecule has 0 aromatic heterocycles. The Kier molecular flexibility index (Phi) is 3.05. The zero-order valence-electron chi connectivity index (χ0n) is 11.8. The molecule has 0 saturated carbocycles. The van der Waals surface area contributed by atoms with Gasteiger partial charge in [-0.05, 0) is 47.7 Å². The van der Waals surface area contributed by atoms with Crippen LogP contribution in [0, 0.1) is 0 Å². The lowest BCUT2D eigenvalue weighted by Gasteiger charge is -2.24. The summed E-state index contributed by atoms with van der Waals surface area (Å²) < 4.78 is 10.6. The van der Waals surface area contributed by atoms with Crippen molar-refractivity contribution in [2.75, 3.05) is 14.2 Å². The van der Waals surface area contributed by atoms with Crippen LogP contribution in [0.3, 0.4) is 0 Å². The minimum Gasteiger partial charge on any atom is -0.504 e. The smallest absolute Gasteiger partial charge is 0.203 e. The number of hydrogen-bond donors (Lipinski definition) is 3. The minimum absolute atomic E-state index is 0.0274. The number of fused-ring (bicyclic) bond motifs is 3. The summed E-state index contributed by atoms with van der Waals surface area (Å²) in [6, 6.07) is 4.73. The topological polar surface area (TPSA) is 79.2 Å². The van der Waals surface area contributed by atoms with E-state index in [9.17, 15) is 15.3 Å². The molecule has 5 heteroatoms. The molecule has 1 aliphatic rings. The van der Waals surface area contributed by atoms with Crippen LogP contribution >= 0.6 is 0 Å². The molecular formula is C16H16O5. The molecule has 0 radical (unpaired) electrons. The van der Waals surface area contributed by atoms with Crippen LogP contribution in [0.5, 0.6) is 28.7 Å². The van der Waals surface area contributed by atoms with Gasteiger partial charge in [-0.2, -0.15) is 0 Å². The largest absolute Gasteiger partial charge is 0.504 e. The van der Waals surface area contributed by atoms with E-state index in [1.54, 1.807) is 12.1 Å². The third kappa shape index (κ3) is 1.93. The maximum atomic E-state index is 10.0. The Morgan fingerprint density at radius 2 is 1.33 bits per heavy atom. The number of benzene rings is 2. The molecule has 0 atom stereocenters. The van der Waals surface area contributed by atoms with Crippen molar-refractivity contribution < 1.29 is 24.8 Å². The van der Waals surface area contributed by atoms with E-state index < -0.39 is 0 Å². The highest BCUT2D eigenvalue weighted by Crippen LogP contribution is 2.50. The standard InChI is InChI=1S/C16H16O5/c1-20-15-13(19)6-9-4-3-8-5-11(17)12(18)7-10(8)14(9)16(15)21-2/h5-7,17-19H,3-4H2,1-2H3. The van der Waals surface area contributed by atoms with Crippen molar-refractivity contribution in [3.63, 3.8) is 0 Å². The van der Waals surface area contributed by atoms with Crippen molar-refractivity contribution in [1.82, 2.24) is 0 Å². The fourth-order valence-corrected chi connectivity index (χ4v) is 2.89. The average Bonchev–Trinajstić information content (AvgIpc) is 2.47. The first-order valence-corrected chi connectivity index (χ1v) is 6.58. The van der Waals surface area contributed by atoms with E-state index in [1.165, 1.54) is 20.3 Å². The van der Waals surface area contributed by atoms with Crippen LogP contribution in [0.15, 0.2) is 18.2 Å². The van der Waals surface area contributed by atoms with Crippen LogP contribution in [0.25, 0.3) is 11.1 Å². The molecule has 0 heterocycles. The average molecular weight is 288 g/mol. The maximum Gasteiger partial charge on any atom is 0.203 e. The summed E-state index contributed by atoms with van der Waals surface area (Å²) in [4.78, 5) is 0. The molecule has 2 aromatic rings. The lowest BCUT2D eigenvalue weighted by molar-refractivity contribution is 0.333. The number of methoxy groups -OCH3 is 2. The second-order valence-electron chi connectivity index (χ2n) is 4.99. The Bertz CT molecular complexity index is 721. The van der Waals surface area contributed by atoms with Gasteiger partial charge in [-0.1, -0.05) is 0 Å². The second-order valence-corrected chi connectivity index (χ2v) is 4.99. The van der Waals surface area contributed by atoms with E-state index in [4.69, 9.17) is 9.47 Å². The molecule has 3 rings (SSSR count). The number of aryl methyl sites for hydroxylation is 2. The van der Waals surface area contributed by atoms with Crippen molar-refractivity contribution in [2.24, 2.45) is 0 Å². The van der Waals surface area contributed by atoms with E-state index in [1.807, 2.05) is 0 Å². The lowest BCUT2D eigenvalue weighted by atomic mass is 9.84. The van der Waals surface area contributed by atoms with Crippen molar-refractivity contribution in [3.8, 4) is 39.9 Å². The van der Waals surface area contributed by atoms with Gasteiger partial charge in [0.05, 0.1) is 14.2 Å². The summed E-state index contributed by atoms with van der Waals surface area (Å²) in [5.41, 5.74) is 3.40. The Morgan fingerprint density at radius 1 is 0.762 bits per heavy atom. The van der Waals surface area contributed by atoms with Gasteiger partial charge in [0.2, 0.25) is 5.75 Å². The van der Waals surface area contributed by atoms with E-state index in [-0.39, 0.29) is 23.0 Å². The zero-order valence-corrected chi connectivity index (χ0v) is 11.8. The van der Waals surface area contributed by atoms with Gasteiger partial charge in [0.1, 0.15) is 0 Å². The van der Waals surface area contributed by atoms with Gasteiger partial charge in [0, 0.05) is 5.56 Å². The third-order valence-corrected chi connectivity index (χ3v) is 3.84. The first-order valence-electron chi connectivity index (χ1n) is 6.58. The SMILES string of the molecule is COc1c(O)cc2c(c1OC)-c1cc(O)c(O)cc1CC2. The predicted octanol–water partition coefficient (Wildman–Crippen LogP) is 2.59. The molecule has 1 aliphatic carbocycles. The van der Waals surface area contributed by atoms with E-state index in [0.29, 0.717) is 18.6 Å². The molecular weight excluding hydrogens is 272 g/mol. The molecule has 0 bridgehead atoms. The minimum atomic E-state index is -0.185. The molecule has 3 N–H and O–H groups in total. The van der Waals surface area contributed by atoms with Crippen LogP contribution in [0.1, 0.15) is 11.1 Å². The molecule has 110 valence electrons. The highest BCUT2D eigenvalue weighted by atomic mass is 16.5. The van der Waals surface area contributed by atoms with Gasteiger partial charge < -0.3 is 24.8 Å². The van der Waals surface area contributed by atoms with E-state index >= 15 is 0 Å². The monoisotopic (exact) mass is 288 g/mol. The number of phenolic OH excluding ortho intramolecular Hbond substituents is 3. The van der Waals surface area contributed by atoms with Crippen molar-refractivity contribution >= 4 is 0 Å². The Hall–Kier alpha value is -2.56. The van der Waals surface area contributed by atoms with Crippen molar-refractivity contribution in [1.29, 1.82) is 0 Å². The normalized spacial score (nSPS) is 12.5. The highest BCUT2D eigenvalue weighted by Gasteiger charge is 2.26. The van der Waals surface area contributed by atoms with Crippen LogP contribution < -0.4 is 9.47 Å². The van der Waals surface area contributed by atoms with Gasteiger partial charge in [0.15, 0.2) is 23.0 Å². The first kappa shape index (κ1) is 13.4. The number of ether oxygens (including phenoxy) is 2. The molecule has 0 unspecified atom stereocenters. The third-order valence-electron chi connectivity index (χ3n) is 3.84. The molecule has 0 aliphatic heterocycles. The van der Waals surface area contributed by atoms with Crippen LogP contribution in [0.4, 0.5) is 0 Å². The number of phenols is 3. The van der Waals surface area contributed by atoms with Gasteiger partial charge in [-0.15, -0.1) is 0 Å². The predicted molar refractivity (Wildman–Crippen MR) is 77.4 cm³/mol. The van der Waals surface area contributed by atoms with Crippen molar-refractivity contribution in [2.45, 2.75) is 12.8 Å².